The van der Waals surface area contributed by atoms with Gasteiger partial charge in [-0.15, -0.1) is 0 Å². The first-order valence-corrected chi connectivity index (χ1v) is 9.86. The monoisotopic (exact) mass is 404 g/mol. The molecule has 2 aromatic carbocycles. The summed E-state index contributed by atoms with van der Waals surface area (Å²) in [7, 11) is 1.55. The van der Waals surface area contributed by atoms with Crippen molar-refractivity contribution in [1.29, 1.82) is 0 Å². The number of ether oxygens (including phenoxy) is 1. The van der Waals surface area contributed by atoms with E-state index in [1.54, 1.807) is 28.3 Å². The lowest BCUT2D eigenvalue weighted by atomic mass is 10.2. The van der Waals surface area contributed by atoms with Crippen LogP contribution in [0, 0.1) is 12.8 Å². The number of rotatable bonds is 5. The van der Waals surface area contributed by atoms with Gasteiger partial charge in [0, 0.05) is 12.6 Å². The van der Waals surface area contributed by atoms with Gasteiger partial charge >= 0.3 is 0 Å². The molecule has 2 heterocycles. The highest BCUT2D eigenvalue weighted by atomic mass is 16.5. The zero-order valence-corrected chi connectivity index (χ0v) is 17.5. The van der Waals surface area contributed by atoms with Crippen molar-refractivity contribution in [3.8, 4) is 5.75 Å². The molecular weight excluding hydrogens is 380 g/mol. The topological polar surface area (TPSA) is 77.6 Å². The van der Waals surface area contributed by atoms with E-state index in [0.717, 1.165) is 16.6 Å². The van der Waals surface area contributed by atoms with Crippen molar-refractivity contribution in [2.24, 2.45) is 5.92 Å². The molecule has 1 amide bonds. The van der Waals surface area contributed by atoms with Crippen LogP contribution >= 0.6 is 0 Å². The smallest absolute Gasteiger partial charge is 0.277 e. The van der Waals surface area contributed by atoms with Crippen LogP contribution < -0.4 is 15.6 Å². The van der Waals surface area contributed by atoms with E-state index in [1.165, 1.54) is 0 Å². The fourth-order valence-electron chi connectivity index (χ4n) is 3.60. The van der Waals surface area contributed by atoms with E-state index in [4.69, 9.17) is 4.74 Å². The number of para-hydroxylation sites is 2. The molecule has 0 saturated carbocycles. The molecule has 0 aliphatic rings. The number of hydrogen-bond donors (Lipinski definition) is 1. The maximum Gasteiger partial charge on any atom is 0.277 e. The summed E-state index contributed by atoms with van der Waals surface area (Å²) < 4.78 is 8.64. The Hall–Kier alpha value is -3.61. The number of benzene rings is 2. The minimum atomic E-state index is -0.401. The maximum absolute atomic E-state index is 13.2. The Bertz CT molecular complexity index is 1320. The van der Waals surface area contributed by atoms with Gasteiger partial charge < -0.3 is 14.6 Å². The average molecular weight is 404 g/mol. The van der Waals surface area contributed by atoms with Gasteiger partial charge in [0.05, 0.1) is 23.8 Å². The van der Waals surface area contributed by atoms with Crippen LogP contribution in [0.5, 0.6) is 5.75 Å². The Morgan fingerprint density at radius 1 is 1.10 bits per heavy atom. The van der Waals surface area contributed by atoms with Crippen LogP contribution in [0.3, 0.4) is 0 Å². The summed E-state index contributed by atoms with van der Waals surface area (Å²) in [5.74, 6) is 0.456. The third-order valence-corrected chi connectivity index (χ3v) is 4.96. The number of carbonyl (C=O) groups excluding carboxylic acids is 1. The molecule has 2 aromatic heterocycles. The van der Waals surface area contributed by atoms with E-state index in [0.29, 0.717) is 29.4 Å². The van der Waals surface area contributed by atoms with Gasteiger partial charge in [0.15, 0.2) is 5.69 Å². The molecule has 30 heavy (non-hydrogen) atoms. The van der Waals surface area contributed by atoms with Gasteiger partial charge in [-0.2, -0.15) is 5.10 Å². The Morgan fingerprint density at radius 3 is 2.53 bits per heavy atom. The predicted molar refractivity (Wildman–Crippen MR) is 117 cm³/mol. The number of carbonyl (C=O) groups is 1. The van der Waals surface area contributed by atoms with Crippen molar-refractivity contribution in [3.05, 3.63) is 70.1 Å². The van der Waals surface area contributed by atoms with Crippen molar-refractivity contribution in [2.75, 3.05) is 12.4 Å². The molecule has 4 aromatic rings. The molecule has 154 valence electrons. The second-order valence-electron chi connectivity index (χ2n) is 7.78. The summed E-state index contributed by atoms with van der Waals surface area (Å²) in [5, 5.41) is 7.29. The molecule has 0 fully saturated rings. The summed E-state index contributed by atoms with van der Waals surface area (Å²) in [6.07, 6.45) is 0. The van der Waals surface area contributed by atoms with Crippen molar-refractivity contribution in [3.63, 3.8) is 0 Å². The van der Waals surface area contributed by atoms with Gasteiger partial charge in [0.1, 0.15) is 11.3 Å². The second kappa shape index (κ2) is 7.67. The van der Waals surface area contributed by atoms with Crippen LogP contribution in [-0.4, -0.2) is 27.2 Å². The van der Waals surface area contributed by atoms with Gasteiger partial charge in [0.2, 0.25) is 0 Å². The van der Waals surface area contributed by atoms with E-state index < -0.39 is 5.91 Å². The van der Waals surface area contributed by atoms with Crippen LogP contribution in [-0.2, 0) is 6.54 Å². The number of amides is 1. The van der Waals surface area contributed by atoms with Crippen LogP contribution in [0.4, 0.5) is 5.69 Å². The molecule has 1 N–H and O–H groups in total. The molecule has 0 spiro atoms. The maximum atomic E-state index is 13.2. The molecular formula is C23H24N4O3. The second-order valence-corrected chi connectivity index (χ2v) is 7.78. The van der Waals surface area contributed by atoms with Crippen LogP contribution in [0.15, 0.2) is 53.3 Å². The molecule has 0 bridgehead atoms. The third-order valence-electron chi connectivity index (χ3n) is 4.96. The van der Waals surface area contributed by atoms with Gasteiger partial charge in [0.25, 0.3) is 11.5 Å². The molecule has 7 nitrogen and oxygen atoms in total. The summed E-state index contributed by atoms with van der Waals surface area (Å²) in [5.41, 5.74) is 3.49. The number of nitrogens with one attached hydrogen (secondary N) is 1. The highest BCUT2D eigenvalue weighted by Crippen LogP contribution is 2.26. The van der Waals surface area contributed by atoms with Crippen molar-refractivity contribution < 1.29 is 9.53 Å². The molecule has 0 saturated heterocycles. The van der Waals surface area contributed by atoms with E-state index in [-0.39, 0.29) is 11.3 Å². The molecule has 4 rings (SSSR count). The van der Waals surface area contributed by atoms with E-state index in [9.17, 15) is 9.59 Å². The molecule has 0 aliphatic carbocycles. The van der Waals surface area contributed by atoms with Crippen molar-refractivity contribution >= 4 is 28.1 Å². The molecule has 7 heteroatoms. The number of methoxy groups -OCH3 is 1. The summed E-state index contributed by atoms with van der Waals surface area (Å²) in [6, 6.07) is 14.7. The molecule has 0 aliphatic heterocycles. The molecule has 0 unspecified atom stereocenters. The highest BCUT2D eigenvalue weighted by Gasteiger charge is 2.18. The standard InChI is InChI=1S/C23H24N4O3/c1-14(2)13-26-18-7-5-6-8-19(18)27-20(23(26)29)12-17(25-27)22(28)24-16-11-15(3)9-10-21(16)30-4/h5-12,14H,13H2,1-4H3,(H,24,28). The Morgan fingerprint density at radius 2 is 1.83 bits per heavy atom. The van der Waals surface area contributed by atoms with Gasteiger partial charge in [-0.3, -0.25) is 9.59 Å². The Kier molecular flexibility index (Phi) is 5.03. The summed E-state index contributed by atoms with van der Waals surface area (Å²) in [4.78, 5) is 26.1. The Labute approximate surface area is 173 Å². The van der Waals surface area contributed by atoms with Crippen molar-refractivity contribution in [1.82, 2.24) is 14.2 Å². The normalized spacial score (nSPS) is 11.4. The largest absolute Gasteiger partial charge is 0.495 e. The zero-order chi connectivity index (χ0) is 21.4. The number of nitrogens with zero attached hydrogens (tertiary/aromatic N) is 3. The number of aryl methyl sites for hydroxylation is 1. The van der Waals surface area contributed by atoms with E-state index >= 15 is 0 Å². The quantitative estimate of drug-likeness (QED) is 0.548. The van der Waals surface area contributed by atoms with E-state index in [1.807, 2.05) is 43.3 Å². The summed E-state index contributed by atoms with van der Waals surface area (Å²) in [6.45, 7) is 6.65. The number of fused-ring (bicyclic) bond motifs is 3. The first kappa shape index (κ1) is 19.7. The van der Waals surface area contributed by atoms with Crippen LogP contribution in [0.25, 0.3) is 16.6 Å². The van der Waals surface area contributed by atoms with E-state index in [2.05, 4.69) is 24.3 Å². The SMILES string of the molecule is COc1ccc(C)cc1NC(=O)c1cc2c(=O)n(CC(C)C)c3ccccc3n2n1. The first-order chi connectivity index (χ1) is 14.4. The fourth-order valence-corrected chi connectivity index (χ4v) is 3.60. The van der Waals surface area contributed by atoms with Crippen LogP contribution in [0.1, 0.15) is 29.9 Å². The van der Waals surface area contributed by atoms with Crippen LogP contribution in [0.2, 0.25) is 0 Å². The fraction of sp³-hybridized carbons (Fsp3) is 0.261. The summed E-state index contributed by atoms with van der Waals surface area (Å²) >= 11 is 0. The van der Waals surface area contributed by atoms with Gasteiger partial charge in [-0.05, 0) is 42.7 Å². The highest BCUT2D eigenvalue weighted by molar-refractivity contribution is 6.04. The minimum Gasteiger partial charge on any atom is -0.495 e. The van der Waals surface area contributed by atoms with Gasteiger partial charge in [-0.25, -0.2) is 4.52 Å². The lowest BCUT2D eigenvalue weighted by Gasteiger charge is -2.13. The minimum absolute atomic E-state index is 0.165. The van der Waals surface area contributed by atoms with Crippen molar-refractivity contribution in [2.45, 2.75) is 27.3 Å². The number of anilines is 1. The lowest BCUT2D eigenvalue weighted by Crippen LogP contribution is -2.25. The third kappa shape index (κ3) is 3.43. The number of hydrogen-bond acceptors (Lipinski definition) is 4. The average Bonchev–Trinajstić information content (AvgIpc) is 3.17. The molecule has 0 radical (unpaired) electrons. The van der Waals surface area contributed by atoms with Gasteiger partial charge in [-0.1, -0.05) is 32.0 Å². The predicted octanol–water partition coefficient (Wildman–Crippen LogP) is 3.87. The molecule has 0 atom stereocenters. The first-order valence-electron chi connectivity index (χ1n) is 9.86. The zero-order valence-electron chi connectivity index (χ0n) is 17.5. The Balaban J connectivity index is 1.83. The lowest BCUT2D eigenvalue weighted by molar-refractivity contribution is 0.102. The number of aromatic nitrogens is 3.